The summed E-state index contributed by atoms with van der Waals surface area (Å²) in [7, 11) is 0. The first-order valence-corrected chi connectivity index (χ1v) is 12.3. The molecule has 0 unspecified atom stereocenters. The van der Waals surface area contributed by atoms with Gasteiger partial charge in [-0.05, 0) is 29.8 Å². The first kappa shape index (κ1) is 27.7. The Balaban J connectivity index is 1.26. The van der Waals surface area contributed by atoms with Crippen molar-refractivity contribution in [3.8, 4) is 17.2 Å². The molecule has 9 atom stereocenters. The molecule has 0 amide bonds. The zero-order valence-corrected chi connectivity index (χ0v) is 20.6. The van der Waals surface area contributed by atoms with Crippen molar-refractivity contribution >= 4 is 5.78 Å². The van der Waals surface area contributed by atoms with Crippen molar-refractivity contribution in [3.05, 3.63) is 53.6 Å². The molecular weight excluding hydrogens is 520 g/mol. The van der Waals surface area contributed by atoms with Gasteiger partial charge in [-0.25, -0.2) is 0 Å². The van der Waals surface area contributed by atoms with Crippen LogP contribution in [0.4, 0.5) is 0 Å². The Labute approximate surface area is 222 Å². The van der Waals surface area contributed by atoms with Gasteiger partial charge in [-0.1, -0.05) is 12.1 Å². The first-order chi connectivity index (χ1) is 18.6. The number of benzene rings is 2. The minimum Gasteiger partial charge on any atom is -0.484 e. The summed E-state index contributed by atoms with van der Waals surface area (Å²) in [5, 5.41) is 69.0. The van der Waals surface area contributed by atoms with E-state index in [1.54, 1.807) is 24.3 Å². The maximum atomic E-state index is 12.8. The largest absolute Gasteiger partial charge is 0.484 e. The molecule has 13 heteroatoms. The number of hydrogen-bond acceptors (Lipinski definition) is 13. The van der Waals surface area contributed by atoms with Crippen molar-refractivity contribution in [1.29, 1.82) is 0 Å². The Kier molecular flexibility index (Phi) is 7.79. The van der Waals surface area contributed by atoms with Crippen molar-refractivity contribution in [2.24, 2.45) is 0 Å². The summed E-state index contributed by atoms with van der Waals surface area (Å²) in [6.45, 7) is -1.60. The van der Waals surface area contributed by atoms with E-state index in [9.17, 15) is 40.5 Å². The van der Waals surface area contributed by atoms with Crippen molar-refractivity contribution in [3.63, 3.8) is 0 Å². The van der Waals surface area contributed by atoms with E-state index in [1.165, 1.54) is 18.2 Å². The van der Waals surface area contributed by atoms with Crippen LogP contribution in [-0.2, 0) is 9.47 Å². The van der Waals surface area contributed by atoms with E-state index in [-0.39, 0.29) is 36.1 Å². The predicted octanol–water partition coefficient (Wildman–Crippen LogP) is -1.61. The molecule has 3 aliphatic heterocycles. The van der Waals surface area contributed by atoms with Crippen LogP contribution in [0.3, 0.4) is 0 Å². The number of rotatable bonds is 7. The van der Waals surface area contributed by atoms with E-state index < -0.39 is 68.0 Å². The van der Waals surface area contributed by atoms with E-state index in [0.29, 0.717) is 11.1 Å². The summed E-state index contributed by atoms with van der Waals surface area (Å²) in [6.07, 6.45) is -10.4. The summed E-state index contributed by atoms with van der Waals surface area (Å²) < 4.78 is 27.9. The fourth-order valence-corrected chi connectivity index (χ4v) is 4.65. The second-order valence-electron chi connectivity index (χ2n) is 9.78. The smallest absolute Gasteiger partial charge is 0.229 e. The highest BCUT2D eigenvalue weighted by Crippen LogP contribution is 2.38. The van der Waals surface area contributed by atoms with Crippen molar-refractivity contribution < 1.29 is 64.2 Å². The maximum Gasteiger partial charge on any atom is 0.229 e. The lowest BCUT2D eigenvalue weighted by molar-refractivity contribution is -0.277. The Bertz CT molecular complexity index is 1170. The quantitative estimate of drug-likeness (QED) is 0.208. The molecule has 39 heavy (non-hydrogen) atoms. The minimum atomic E-state index is -1.84. The van der Waals surface area contributed by atoms with Crippen LogP contribution in [0.25, 0.3) is 0 Å². The fourth-order valence-electron chi connectivity index (χ4n) is 4.65. The fraction of sp³-hybridized carbons (Fsp3) is 0.500. The molecule has 3 heterocycles. The third-order valence-electron chi connectivity index (χ3n) is 7.08. The molecular formula is C26H30O13. The van der Waals surface area contributed by atoms with Crippen LogP contribution < -0.4 is 14.2 Å². The number of aliphatic hydroxyl groups excluding tert-OH is 6. The van der Waals surface area contributed by atoms with E-state index in [0.717, 1.165) is 0 Å². The molecule has 0 radical (unpaired) electrons. The molecule has 0 spiro atoms. The van der Waals surface area contributed by atoms with Gasteiger partial charge in [-0.15, -0.1) is 0 Å². The lowest BCUT2D eigenvalue weighted by atomic mass is 9.96. The second-order valence-corrected chi connectivity index (χ2v) is 9.78. The number of carbonyl (C=O) groups excluding carboxylic acids is 1. The number of ketones is 1. The molecule has 7 N–H and O–H groups in total. The molecule has 0 aromatic heterocycles. The topological polar surface area (TPSA) is 205 Å². The third-order valence-corrected chi connectivity index (χ3v) is 7.08. The second kappa shape index (κ2) is 11.0. The van der Waals surface area contributed by atoms with E-state index in [1.807, 2.05) is 0 Å². The first-order valence-electron chi connectivity index (χ1n) is 12.3. The zero-order chi connectivity index (χ0) is 27.9. The van der Waals surface area contributed by atoms with Crippen LogP contribution in [0.2, 0.25) is 0 Å². The molecule has 3 aliphatic rings. The Hall–Kier alpha value is -2.85. The van der Waals surface area contributed by atoms with E-state index in [2.05, 4.69) is 0 Å². The van der Waals surface area contributed by atoms with Gasteiger partial charge in [0.15, 0.2) is 5.78 Å². The number of ether oxygens (including phenoxy) is 5. The summed E-state index contributed by atoms with van der Waals surface area (Å²) in [5.74, 6) is 0.567. The highest BCUT2D eigenvalue weighted by molar-refractivity contribution is 6.00. The van der Waals surface area contributed by atoms with Gasteiger partial charge in [-0.2, -0.15) is 0 Å². The molecule has 13 nitrogen and oxygen atoms in total. The normalized spacial score (nSPS) is 36.2. The van der Waals surface area contributed by atoms with Crippen LogP contribution in [0.15, 0.2) is 42.5 Å². The van der Waals surface area contributed by atoms with Crippen molar-refractivity contribution in [2.45, 2.75) is 61.2 Å². The number of aliphatic hydroxyl groups is 7. The van der Waals surface area contributed by atoms with Gasteiger partial charge in [0.2, 0.25) is 12.6 Å². The van der Waals surface area contributed by atoms with Crippen LogP contribution in [0, 0.1) is 0 Å². The number of hydrogen-bond donors (Lipinski definition) is 7. The summed E-state index contributed by atoms with van der Waals surface area (Å²) in [5.41, 5.74) is -0.847. The predicted molar refractivity (Wildman–Crippen MR) is 128 cm³/mol. The Morgan fingerprint density at radius 3 is 2.26 bits per heavy atom. The van der Waals surface area contributed by atoms with Gasteiger partial charge in [0.25, 0.3) is 0 Å². The number of carbonyl (C=O) groups is 1. The molecule has 0 bridgehead atoms. The van der Waals surface area contributed by atoms with Gasteiger partial charge in [0.05, 0.1) is 31.8 Å². The third kappa shape index (κ3) is 5.33. The lowest BCUT2D eigenvalue weighted by Crippen LogP contribution is -2.60. The summed E-state index contributed by atoms with van der Waals surface area (Å²) >= 11 is 0. The van der Waals surface area contributed by atoms with E-state index >= 15 is 0 Å². The summed E-state index contributed by atoms with van der Waals surface area (Å²) in [6, 6.07) is 10.9. The van der Waals surface area contributed by atoms with Crippen LogP contribution in [-0.4, -0.2) is 110 Å². The lowest BCUT2D eigenvalue weighted by Gasteiger charge is -2.39. The van der Waals surface area contributed by atoms with Crippen LogP contribution in [0.1, 0.15) is 28.4 Å². The molecule has 5 rings (SSSR count). The number of Topliss-reactive ketones (excluding diaryl/α,β-unsaturated/α-hetero) is 1. The van der Waals surface area contributed by atoms with Gasteiger partial charge < -0.3 is 59.4 Å². The highest BCUT2D eigenvalue weighted by Gasteiger charge is 2.49. The zero-order valence-electron chi connectivity index (χ0n) is 20.6. The minimum absolute atomic E-state index is 0.0636. The molecule has 2 fully saturated rings. The maximum absolute atomic E-state index is 12.8. The van der Waals surface area contributed by atoms with Crippen LogP contribution in [0.5, 0.6) is 17.2 Å². The number of fused-ring (bicyclic) bond motifs is 1. The molecule has 0 aliphatic carbocycles. The van der Waals surface area contributed by atoms with Gasteiger partial charge >= 0.3 is 0 Å². The monoisotopic (exact) mass is 550 g/mol. The summed E-state index contributed by atoms with van der Waals surface area (Å²) in [4.78, 5) is 12.8. The molecule has 212 valence electrons. The van der Waals surface area contributed by atoms with Crippen molar-refractivity contribution in [2.75, 3.05) is 19.8 Å². The molecule has 2 saturated heterocycles. The van der Waals surface area contributed by atoms with Gasteiger partial charge in [-0.3, -0.25) is 4.79 Å². The molecule has 2 aromatic rings. The van der Waals surface area contributed by atoms with Crippen molar-refractivity contribution in [1.82, 2.24) is 0 Å². The standard InChI is InChI=1S/C26H30O13/c27-9-19-20(30)21(31)22(32)24(39-19)36-13-3-1-12(2-4-13)17-8-16(29)15-6-5-14(7-18(15)38-17)37-25-23(33)26(34,10-28)11-35-25/h1-7,17,19-25,27-28,30-34H,8-11H2/t17-,19+,20+,21-,22+,23-,24+,25-,26+/m0/s1. The Morgan fingerprint density at radius 2 is 1.59 bits per heavy atom. The SMILES string of the molecule is O=C1C[C@@H](c2ccc(O[C@@H]3O[C@H](CO)[C@@H](O)[C@H](O)[C@H]3O)cc2)Oc2cc(O[C@@H]3OC[C@](O)(CO)[C@H]3O)ccc21. The molecule has 0 saturated carbocycles. The highest BCUT2D eigenvalue weighted by atomic mass is 16.7. The average Bonchev–Trinajstić information content (AvgIpc) is 3.22. The van der Waals surface area contributed by atoms with Gasteiger partial charge in [0, 0.05) is 6.07 Å². The molecule has 2 aromatic carbocycles. The Morgan fingerprint density at radius 1 is 0.897 bits per heavy atom. The average molecular weight is 551 g/mol. The van der Waals surface area contributed by atoms with Crippen LogP contribution >= 0.6 is 0 Å². The van der Waals surface area contributed by atoms with E-state index in [4.69, 9.17) is 23.7 Å². The van der Waals surface area contributed by atoms with Gasteiger partial charge in [0.1, 0.15) is 59.5 Å².